The second kappa shape index (κ2) is 7.14. The fourth-order valence-corrected chi connectivity index (χ4v) is 3.87. The first-order chi connectivity index (χ1) is 13.8. The quantitative estimate of drug-likeness (QED) is 0.810. The zero-order chi connectivity index (χ0) is 20.8. The van der Waals surface area contributed by atoms with Crippen LogP contribution in [-0.4, -0.2) is 70.1 Å². The van der Waals surface area contributed by atoms with Gasteiger partial charge in [-0.1, -0.05) is 0 Å². The van der Waals surface area contributed by atoms with Crippen molar-refractivity contribution in [3.05, 3.63) is 46.9 Å². The number of H-pyrrole nitrogens is 1. The van der Waals surface area contributed by atoms with Crippen molar-refractivity contribution in [1.82, 2.24) is 24.9 Å². The molecule has 2 aliphatic heterocycles. The molecule has 0 atom stereocenters. The van der Waals surface area contributed by atoms with E-state index in [1.807, 2.05) is 25.8 Å². The number of nitrogens with one attached hydrogen (secondary N) is 2. The number of benzene rings is 1. The topological polar surface area (TPSA) is 84.6 Å². The molecule has 29 heavy (non-hydrogen) atoms. The molecule has 0 bridgehead atoms. The first kappa shape index (κ1) is 19.4. The summed E-state index contributed by atoms with van der Waals surface area (Å²) >= 11 is 0. The lowest BCUT2D eigenvalue weighted by molar-refractivity contribution is 0.0881. The summed E-state index contributed by atoms with van der Waals surface area (Å²) in [6, 6.07) is 5.32. The summed E-state index contributed by atoms with van der Waals surface area (Å²) in [5, 5.41) is 10.1. The molecule has 2 aromatic rings. The van der Waals surface area contributed by atoms with Gasteiger partial charge in [-0.25, -0.2) is 9.18 Å². The Balaban J connectivity index is 1.52. The van der Waals surface area contributed by atoms with Gasteiger partial charge in [-0.3, -0.25) is 9.89 Å². The van der Waals surface area contributed by atoms with Crippen LogP contribution in [0, 0.1) is 5.82 Å². The molecule has 3 heterocycles. The lowest BCUT2D eigenvalue weighted by Gasteiger charge is -2.39. The molecule has 1 fully saturated rings. The molecule has 154 valence electrons. The summed E-state index contributed by atoms with van der Waals surface area (Å²) in [4.78, 5) is 31.5. The molecule has 0 unspecified atom stereocenters. The monoisotopic (exact) mass is 400 g/mol. The highest BCUT2D eigenvalue weighted by Crippen LogP contribution is 2.41. The number of anilines is 1. The molecular formula is C20H25FN6O2. The van der Waals surface area contributed by atoms with Gasteiger partial charge in [0, 0.05) is 37.3 Å². The van der Waals surface area contributed by atoms with Gasteiger partial charge in [0.15, 0.2) is 0 Å². The third kappa shape index (κ3) is 3.46. The van der Waals surface area contributed by atoms with Crippen LogP contribution < -0.4 is 5.32 Å². The average molecular weight is 400 g/mol. The highest BCUT2D eigenvalue weighted by molar-refractivity contribution is 6.04. The minimum absolute atomic E-state index is 0.0167. The van der Waals surface area contributed by atoms with E-state index >= 15 is 0 Å². The minimum Gasteiger partial charge on any atom is -0.322 e. The van der Waals surface area contributed by atoms with Gasteiger partial charge in [-0.05, 0) is 45.2 Å². The second-order valence-corrected chi connectivity index (χ2v) is 8.10. The number of hydrogen-bond donors (Lipinski definition) is 2. The number of urea groups is 1. The van der Waals surface area contributed by atoms with Crippen LogP contribution in [0.3, 0.4) is 0 Å². The van der Waals surface area contributed by atoms with E-state index in [0.717, 1.165) is 24.3 Å². The highest BCUT2D eigenvalue weighted by atomic mass is 19.1. The maximum absolute atomic E-state index is 13.1. The van der Waals surface area contributed by atoms with Gasteiger partial charge in [0.1, 0.15) is 11.6 Å². The Morgan fingerprint density at radius 1 is 1.14 bits per heavy atom. The van der Waals surface area contributed by atoms with Crippen LogP contribution in [-0.2, 0) is 12.1 Å². The molecule has 0 aliphatic carbocycles. The van der Waals surface area contributed by atoms with Crippen LogP contribution in [0.5, 0.6) is 0 Å². The summed E-state index contributed by atoms with van der Waals surface area (Å²) in [6.45, 7) is 7.37. The molecule has 1 aromatic heterocycles. The summed E-state index contributed by atoms with van der Waals surface area (Å²) in [5.74, 6) is -0.294. The summed E-state index contributed by atoms with van der Waals surface area (Å²) in [7, 11) is 2.05. The normalized spacial score (nSPS) is 18.6. The van der Waals surface area contributed by atoms with Gasteiger partial charge >= 0.3 is 6.03 Å². The van der Waals surface area contributed by atoms with Gasteiger partial charge in [0.2, 0.25) is 0 Å². The predicted molar refractivity (Wildman–Crippen MR) is 106 cm³/mol. The van der Waals surface area contributed by atoms with Gasteiger partial charge < -0.3 is 20.0 Å². The number of nitrogens with zero attached hydrogens (tertiary/aromatic N) is 4. The molecule has 0 spiro atoms. The van der Waals surface area contributed by atoms with Gasteiger partial charge in [0.25, 0.3) is 5.91 Å². The molecule has 4 rings (SSSR count). The molecule has 2 N–H and O–H groups in total. The van der Waals surface area contributed by atoms with E-state index in [2.05, 4.69) is 20.4 Å². The Kier molecular flexibility index (Phi) is 4.77. The lowest BCUT2D eigenvalue weighted by Crippen LogP contribution is -2.54. The van der Waals surface area contributed by atoms with E-state index in [0.29, 0.717) is 31.0 Å². The average Bonchev–Trinajstić information content (AvgIpc) is 3.21. The van der Waals surface area contributed by atoms with Crippen molar-refractivity contribution in [3.8, 4) is 0 Å². The zero-order valence-corrected chi connectivity index (χ0v) is 16.8. The molecular weight excluding hydrogens is 375 g/mol. The number of aromatic amines is 1. The zero-order valence-electron chi connectivity index (χ0n) is 16.8. The molecule has 8 nitrogen and oxygen atoms in total. The fraction of sp³-hybridized carbons (Fsp3) is 0.450. The SMILES string of the molecule is CN1CCN(C(=O)N2Cc3c(n[nH]c3NC(=O)c3ccc(F)cc3)C2(C)C)CC1. The van der Waals surface area contributed by atoms with Crippen molar-refractivity contribution in [2.45, 2.75) is 25.9 Å². The number of carbonyl (C=O) groups is 2. The number of amides is 3. The van der Waals surface area contributed by atoms with Crippen LogP contribution >= 0.6 is 0 Å². The Morgan fingerprint density at radius 2 is 1.79 bits per heavy atom. The van der Waals surface area contributed by atoms with Crippen molar-refractivity contribution >= 4 is 17.8 Å². The Bertz CT molecular complexity index is 931. The molecule has 0 radical (unpaired) electrons. The maximum atomic E-state index is 13.1. The van der Waals surface area contributed by atoms with Crippen molar-refractivity contribution < 1.29 is 14.0 Å². The van der Waals surface area contributed by atoms with E-state index in [9.17, 15) is 14.0 Å². The van der Waals surface area contributed by atoms with Gasteiger partial charge in [-0.2, -0.15) is 5.10 Å². The van der Waals surface area contributed by atoms with E-state index < -0.39 is 11.4 Å². The van der Waals surface area contributed by atoms with Crippen molar-refractivity contribution in [2.75, 3.05) is 38.5 Å². The van der Waals surface area contributed by atoms with E-state index in [4.69, 9.17) is 0 Å². The second-order valence-electron chi connectivity index (χ2n) is 8.10. The first-order valence-electron chi connectivity index (χ1n) is 9.67. The van der Waals surface area contributed by atoms with Crippen molar-refractivity contribution in [3.63, 3.8) is 0 Å². The summed E-state index contributed by atoms with van der Waals surface area (Å²) < 4.78 is 13.1. The summed E-state index contributed by atoms with van der Waals surface area (Å²) in [5.41, 5.74) is 1.30. The molecule has 9 heteroatoms. The third-order valence-corrected chi connectivity index (χ3v) is 5.79. The number of likely N-dealkylation sites (N-methyl/N-ethyl adjacent to an activating group) is 1. The number of hydrogen-bond acceptors (Lipinski definition) is 4. The predicted octanol–water partition coefficient (Wildman–Crippen LogP) is 2.22. The van der Waals surface area contributed by atoms with Crippen molar-refractivity contribution in [1.29, 1.82) is 0 Å². The number of carbonyl (C=O) groups excluding carboxylic acids is 2. The van der Waals surface area contributed by atoms with Crippen LogP contribution in [0.1, 0.15) is 35.5 Å². The number of halogens is 1. The smallest absolute Gasteiger partial charge is 0.321 e. The number of fused-ring (bicyclic) bond motifs is 1. The van der Waals surface area contributed by atoms with Crippen LogP contribution in [0.2, 0.25) is 0 Å². The van der Waals surface area contributed by atoms with Crippen LogP contribution in [0.15, 0.2) is 24.3 Å². The largest absolute Gasteiger partial charge is 0.322 e. The van der Waals surface area contributed by atoms with Crippen molar-refractivity contribution in [2.24, 2.45) is 0 Å². The van der Waals surface area contributed by atoms with E-state index in [-0.39, 0.29) is 11.9 Å². The third-order valence-electron chi connectivity index (χ3n) is 5.79. The summed E-state index contributed by atoms with van der Waals surface area (Å²) in [6.07, 6.45) is 0. The molecule has 1 saturated heterocycles. The molecule has 2 aliphatic rings. The maximum Gasteiger partial charge on any atom is 0.321 e. The standard InChI is InChI=1S/C20H25FN6O2/c1-20(2)16-15(12-27(20)19(29)26-10-8-25(3)9-11-26)17(24-23-16)22-18(28)13-4-6-14(21)7-5-13/h4-7H,8-12H2,1-3H3,(H2,22,23,24,28). The van der Waals surface area contributed by atoms with Crippen LogP contribution in [0.4, 0.5) is 15.0 Å². The molecule has 3 amide bonds. The fourth-order valence-electron chi connectivity index (χ4n) is 3.87. The Morgan fingerprint density at radius 3 is 2.45 bits per heavy atom. The van der Waals surface area contributed by atoms with E-state index in [1.54, 1.807) is 4.90 Å². The van der Waals surface area contributed by atoms with Gasteiger partial charge in [0.05, 0.1) is 17.8 Å². The Hall–Kier alpha value is -2.94. The first-order valence-corrected chi connectivity index (χ1v) is 9.67. The molecule has 0 saturated carbocycles. The Labute approximate surface area is 168 Å². The molecule has 1 aromatic carbocycles. The highest BCUT2D eigenvalue weighted by Gasteiger charge is 2.45. The number of rotatable bonds is 2. The minimum atomic E-state index is -0.592. The lowest BCUT2D eigenvalue weighted by atomic mass is 10.0. The number of aromatic nitrogens is 2. The number of piperazine rings is 1. The van der Waals surface area contributed by atoms with E-state index in [1.165, 1.54) is 24.3 Å². The van der Waals surface area contributed by atoms with Gasteiger partial charge in [-0.15, -0.1) is 0 Å². The van der Waals surface area contributed by atoms with Crippen LogP contribution in [0.25, 0.3) is 0 Å².